The van der Waals surface area contributed by atoms with Crippen LogP contribution in [-0.4, -0.2) is 38.8 Å². The number of nitrogens with one attached hydrogen (secondary N) is 1. The van der Waals surface area contributed by atoms with E-state index in [1.807, 2.05) is 6.92 Å². The predicted molar refractivity (Wildman–Crippen MR) is 69.5 cm³/mol. The summed E-state index contributed by atoms with van der Waals surface area (Å²) in [5.74, 6) is -2.91. The van der Waals surface area contributed by atoms with Crippen LogP contribution in [0.1, 0.15) is 13.3 Å². The van der Waals surface area contributed by atoms with Gasteiger partial charge in [0.15, 0.2) is 4.90 Å². The zero-order valence-corrected chi connectivity index (χ0v) is 12.0. The van der Waals surface area contributed by atoms with Gasteiger partial charge in [-0.25, -0.2) is 17.2 Å². The third kappa shape index (κ3) is 3.73. The van der Waals surface area contributed by atoms with E-state index in [1.54, 1.807) is 0 Å². The van der Waals surface area contributed by atoms with Crippen LogP contribution in [0.3, 0.4) is 0 Å². The molecule has 0 aliphatic heterocycles. The lowest BCUT2D eigenvalue weighted by molar-refractivity contribution is -0.121. The van der Waals surface area contributed by atoms with E-state index >= 15 is 0 Å². The fourth-order valence-corrected chi connectivity index (χ4v) is 2.72. The molecule has 1 rings (SSSR count). The van der Waals surface area contributed by atoms with E-state index in [0.717, 1.165) is 25.2 Å². The molecular formula is C12H16F2N2O3S. The number of benzene rings is 1. The van der Waals surface area contributed by atoms with Crippen LogP contribution >= 0.6 is 0 Å². The number of amides is 1. The maximum Gasteiger partial charge on any atom is 0.249 e. The van der Waals surface area contributed by atoms with Crippen LogP contribution in [0.2, 0.25) is 0 Å². The van der Waals surface area contributed by atoms with Gasteiger partial charge in [-0.05, 0) is 18.6 Å². The quantitative estimate of drug-likeness (QED) is 0.856. The highest BCUT2D eigenvalue weighted by molar-refractivity contribution is 7.89. The van der Waals surface area contributed by atoms with Crippen LogP contribution in [0.15, 0.2) is 23.1 Å². The Bertz CT molecular complexity index is 570. The number of hydrogen-bond acceptors (Lipinski definition) is 3. The van der Waals surface area contributed by atoms with Gasteiger partial charge in [-0.15, -0.1) is 0 Å². The summed E-state index contributed by atoms with van der Waals surface area (Å²) in [6, 6.07) is 2.76. The van der Waals surface area contributed by atoms with Crippen molar-refractivity contribution in [3.05, 3.63) is 29.8 Å². The second-order valence-electron chi connectivity index (χ2n) is 4.16. The Kier molecular flexibility index (Phi) is 5.58. The molecule has 0 radical (unpaired) electrons. The number of halogens is 2. The Hall–Kier alpha value is -1.54. The first kappa shape index (κ1) is 16.5. The van der Waals surface area contributed by atoms with Crippen LogP contribution in [-0.2, 0) is 14.8 Å². The van der Waals surface area contributed by atoms with Crippen LogP contribution in [0.4, 0.5) is 8.78 Å². The number of rotatable bonds is 6. The Morgan fingerprint density at radius 1 is 1.30 bits per heavy atom. The summed E-state index contributed by atoms with van der Waals surface area (Å²) in [6.07, 6.45) is 0.699. The van der Waals surface area contributed by atoms with E-state index in [1.165, 1.54) is 0 Å². The van der Waals surface area contributed by atoms with Gasteiger partial charge in [-0.1, -0.05) is 13.0 Å². The SMILES string of the molecule is CCCNC(=O)CN(C)S(=O)(=O)c1c(F)cccc1F. The van der Waals surface area contributed by atoms with E-state index in [9.17, 15) is 22.0 Å². The molecule has 1 aromatic carbocycles. The zero-order chi connectivity index (χ0) is 15.3. The molecular weight excluding hydrogens is 290 g/mol. The molecule has 8 heteroatoms. The van der Waals surface area contributed by atoms with Gasteiger partial charge < -0.3 is 5.32 Å². The largest absolute Gasteiger partial charge is 0.355 e. The molecule has 0 saturated heterocycles. The topological polar surface area (TPSA) is 66.5 Å². The van der Waals surface area contributed by atoms with Gasteiger partial charge >= 0.3 is 0 Å². The second kappa shape index (κ2) is 6.76. The average Bonchev–Trinajstić information content (AvgIpc) is 2.35. The summed E-state index contributed by atoms with van der Waals surface area (Å²) in [5.41, 5.74) is 0. The van der Waals surface area contributed by atoms with E-state index in [0.29, 0.717) is 17.3 Å². The van der Waals surface area contributed by atoms with Crippen LogP contribution in [0, 0.1) is 11.6 Å². The summed E-state index contributed by atoms with van der Waals surface area (Å²) in [7, 11) is -3.31. The van der Waals surface area contributed by atoms with Crippen molar-refractivity contribution in [3.8, 4) is 0 Å². The number of hydrogen-bond donors (Lipinski definition) is 1. The lowest BCUT2D eigenvalue weighted by Gasteiger charge is -2.17. The van der Waals surface area contributed by atoms with Crippen molar-refractivity contribution < 1.29 is 22.0 Å². The maximum atomic E-state index is 13.5. The molecule has 0 saturated carbocycles. The highest BCUT2D eigenvalue weighted by atomic mass is 32.2. The van der Waals surface area contributed by atoms with Gasteiger partial charge in [0, 0.05) is 13.6 Å². The Labute approximate surface area is 116 Å². The fourth-order valence-electron chi connectivity index (χ4n) is 1.49. The third-order valence-electron chi connectivity index (χ3n) is 2.53. The highest BCUT2D eigenvalue weighted by Gasteiger charge is 2.29. The molecule has 0 spiro atoms. The molecule has 0 bridgehead atoms. The average molecular weight is 306 g/mol. The van der Waals surface area contributed by atoms with Gasteiger partial charge in [-0.3, -0.25) is 4.79 Å². The maximum absolute atomic E-state index is 13.5. The van der Waals surface area contributed by atoms with Gasteiger partial charge in [0.25, 0.3) is 0 Å². The molecule has 0 aliphatic carbocycles. The van der Waals surface area contributed by atoms with Crippen molar-refractivity contribution in [1.29, 1.82) is 0 Å². The smallest absolute Gasteiger partial charge is 0.249 e. The predicted octanol–water partition coefficient (Wildman–Crippen LogP) is 1.11. The first-order valence-corrected chi connectivity index (χ1v) is 7.41. The lowest BCUT2D eigenvalue weighted by atomic mass is 10.3. The highest BCUT2D eigenvalue weighted by Crippen LogP contribution is 2.21. The fraction of sp³-hybridized carbons (Fsp3) is 0.417. The van der Waals surface area contributed by atoms with Crippen LogP contribution in [0.5, 0.6) is 0 Å². The summed E-state index contributed by atoms with van der Waals surface area (Å²) < 4.78 is 51.7. The standard InChI is InChI=1S/C12H16F2N2O3S/c1-3-7-15-11(17)8-16(2)20(18,19)12-9(13)5-4-6-10(12)14/h4-6H,3,7-8H2,1-2H3,(H,15,17). The molecule has 0 unspecified atom stereocenters. The van der Waals surface area contributed by atoms with Gasteiger partial charge in [0.2, 0.25) is 15.9 Å². The number of nitrogens with zero attached hydrogens (tertiary/aromatic N) is 1. The molecule has 0 aliphatic rings. The monoisotopic (exact) mass is 306 g/mol. The number of carbonyl (C=O) groups is 1. The van der Waals surface area contributed by atoms with Crippen molar-refractivity contribution >= 4 is 15.9 Å². The molecule has 5 nitrogen and oxygen atoms in total. The number of carbonyl (C=O) groups excluding carboxylic acids is 1. The van der Waals surface area contributed by atoms with E-state index in [4.69, 9.17) is 0 Å². The zero-order valence-electron chi connectivity index (χ0n) is 11.2. The van der Waals surface area contributed by atoms with Crippen LogP contribution < -0.4 is 5.32 Å². The van der Waals surface area contributed by atoms with E-state index < -0.39 is 39.0 Å². The van der Waals surface area contributed by atoms with E-state index in [2.05, 4.69) is 5.32 Å². The normalized spacial score (nSPS) is 11.7. The Morgan fingerprint density at radius 3 is 2.35 bits per heavy atom. The van der Waals surface area contributed by atoms with Crippen molar-refractivity contribution in [2.24, 2.45) is 0 Å². The van der Waals surface area contributed by atoms with Gasteiger partial charge in [0.05, 0.1) is 6.54 Å². The van der Waals surface area contributed by atoms with Crippen LogP contribution in [0.25, 0.3) is 0 Å². The molecule has 0 heterocycles. The second-order valence-corrected chi connectivity index (χ2v) is 6.14. The molecule has 1 N–H and O–H groups in total. The van der Waals surface area contributed by atoms with Crippen molar-refractivity contribution in [3.63, 3.8) is 0 Å². The lowest BCUT2D eigenvalue weighted by Crippen LogP contribution is -2.39. The first-order valence-electron chi connectivity index (χ1n) is 5.97. The van der Waals surface area contributed by atoms with E-state index in [-0.39, 0.29) is 0 Å². The molecule has 20 heavy (non-hydrogen) atoms. The minimum absolute atomic E-state index is 0.404. The molecule has 0 atom stereocenters. The van der Waals surface area contributed by atoms with Crippen molar-refractivity contribution in [2.75, 3.05) is 20.1 Å². The molecule has 1 amide bonds. The van der Waals surface area contributed by atoms with Gasteiger partial charge in [-0.2, -0.15) is 4.31 Å². The minimum Gasteiger partial charge on any atom is -0.355 e. The molecule has 112 valence electrons. The van der Waals surface area contributed by atoms with Gasteiger partial charge in [0.1, 0.15) is 11.6 Å². The summed E-state index contributed by atoms with van der Waals surface area (Å²) in [6.45, 7) is 1.74. The Balaban J connectivity index is 2.96. The summed E-state index contributed by atoms with van der Waals surface area (Å²) in [5, 5.41) is 2.48. The molecule has 0 aromatic heterocycles. The third-order valence-corrected chi connectivity index (χ3v) is 4.38. The first-order chi connectivity index (χ1) is 9.30. The van der Waals surface area contributed by atoms with Crippen molar-refractivity contribution in [1.82, 2.24) is 9.62 Å². The van der Waals surface area contributed by atoms with Crippen molar-refractivity contribution in [2.45, 2.75) is 18.2 Å². The summed E-state index contributed by atoms with van der Waals surface area (Å²) >= 11 is 0. The Morgan fingerprint density at radius 2 is 1.85 bits per heavy atom. The molecule has 1 aromatic rings. The molecule has 0 fully saturated rings. The summed E-state index contributed by atoms with van der Waals surface area (Å²) in [4.78, 5) is 10.4. The number of likely N-dealkylation sites (N-methyl/N-ethyl adjacent to an activating group) is 1. The minimum atomic E-state index is -4.40. The number of sulfonamides is 1.